The van der Waals surface area contributed by atoms with Gasteiger partial charge in [0.15, 0.2) is 12.1 Å². The maximum atomic E-state index is 14.2. The lowest BCUT2D eigenvalue weighted by Gasteiger charge is -2.68. The molecule has 1 heterocycles. The highest BCUT2D eigenvalue weighted by Crippen LogP contribution is 2.68. The van der Waals surface area contributed by atoms with E-state index in [0.717, 1.165) is 38.5 Å². The lowest BCUT2D eigenvalue weighted by Crippen LogP contribution is -2.73. The van der Waals surface area contributed by atoms with Crippen LogP contribution < -0.4 is 10.5 Å². The van der Waals surface area contributed by atoms with Gasteiger partial charge in [-0.1, -0.05) is 31.4 Å². The molecule has 2 aromatic carbocycles. The molecule has 2 bridgehead atoms. The van der Waals surface area contributed by atoms with Crippen molar-refractivity contribution in [1.82, 2.24) is 0 Å². The second kappa shape index (κ2) is 13.3. The normalized spacial score (nSPS) is 38.1. The number of aliphatic hydroxyl groups excluding tert-OH is 2. The number of phenols is 2. The molecule has 5 fully saturated rings. The van der Waals surface area contributed by atoms with E-state index >= 15 is 0 Å². The number of fused-ring (bicyclic) bond motifs is 7. The van der Waals surface area contributed by atoms with Crippen molar-refractivity contribution in [2.24, 2.45) is 16.6 Å². The molecule has 3 unspecified atom stereocenters. The first-order chi connectivity index (χ1) is 25.3. The van der Waals surface area contributed by atoms with Crippen LogP contribution in [0.1, 0.15) is 139 Å². The average Bonchev–Trinajstić information content (AvgIpc) is 3.12. The van der Waals surface area contributed by atoms with Crippen molar-refractivity contribution in [1.29, 1.82) is 0 Å². The number of aliphatic hydroxyl groups is 3. The first-order valence-electron chi connectivity index (χ1n) is 19.4. The predicted octanol–water partition coefficient (Wildman–Crippen LogP) is 4.49. The number of rotatable bonds is 7. The number of hydrogen-bond acceptors (Lipinski definition) is 12. The van der Waals surface area contributed by atoms with Gasteiger partial charge in [-0.15, -0.1) is 0 Å². The Morgan fingerprint density at radius 1 is 0.925 bits per heavy atom. The lowest BCUT2D eigenvalue weighted by molar-refractivity contribution is -0.296. The van der Waals surface area contributed by atoms with Gasteiger partial charge in [0.2, 0.25) is 5.78 Å². The number of nitrogens with two attached hydrogens (primary N) is 1. The standard InChI is InChI=1S/C41H53NO11/c1-38(42)17-22(12-13-27(38)53-28-11-4-7-16-51-28)52-26-19-41(49,40-15-6-3-5-14-39(20-40,21-43)37(40)48)18-24-30(26)36(47)32-31(34(24)45)33(44)23-9-8-10-25(50-2)29(23)35(32)46/h8-10,22,26-28,37,43,45,47-49H,3-7,11-21,42H2,1-2H3/t22-,26+,27-,28-,37?,38?,39?,40-,41+/m1/s1. The van der Waals surface area contributed by atoms with E-state index in [1.165, 1.54) is 13.2 Å². The maximum Gasteiger partial charge on any atom is 0.202 e. The van der Waals surface area contributed by atoms with Gasteiger partial charge in [0, 0.05) is 52.5 Å². The second-order valence-corrected chi connectivity index (χ2v) is 17.1. The minimum atomic E-state index is -1.66. The van der Waals surface area contributed by atoms with E-state index in [1.807, 2.05) is 6.92 Å². The van der Waals surface area contributed by atoms with Gasteiger partial charge in [-0.25, -0.2) is 0 Å². The Labute approximate surface area is 309 Å². The van der Waals surface area contributed by atoms with Crippen molar-refractivity contribution in [3.8, 4) is 17.2 Å². The van der Waals surface area contributed by atoms with Crippen LogP contribution in [-0.4, -0.2) is 93.2 Å². The first kappa shape index (κ1) is 36.9. The quantitative estimate of drug-likeness (QED) is 0.186. The molecule has 0 spiro atoms. The Morgan fingerprint density at radius 2 is 1.70 bits per heavy atom. The molecule has 12 heteroatoms. The minimum absolute atomic E-state index is 0.00237. The summed E-state index contributed by atoms with van der Waals surface area (Å²) in [6.45, 7) is 2.35. The summed E-state index contributed by atoms with van der Waals surface area (Å²) < 4.78 is 24.5. The number of benzene rings is 2. The molecular weight excluding hydrogens is 682 g/mol. The van der Waals surface area contributed by atoms with Crippen LogP contribution >= 0.6 is 0 Å². The highest BCUT2D eigenvalue weighted by Gasteiger charge is 2.71. The molecule has 9 atom stereocenters. The molecule has 12 nitrogen and oxygen atoms in total. The smallest absolute Gasteiger partial charge is 0.202 e. The van der Waals surface area contributed by atoms with E-state index in [0.29, 0.717) is 45.1 Å². The van der Waals surface area contributed by atoms with E-state index in [9.17, 15) is 35.1 Å². The van der Waals surface area contributed by atoms with E-state index in [2.05, 4.69) is 0 Å². The Bertz CT molecular complexity index is 1800. The number of ketones is 2. The van der Waals surface area contributed by atoms with Crippen LogP contribution in [0.25, 0.3) is 0 Å². The summed E-state index contributed by atoms with van der Waals surface area (Å²) in [6.07, 6.45) is 4.98. The van der Waals surface area contributed by atoms with Crippen molar-refractivity contribution in [3.05, 3.63) is 51.6 Å². The number of hydrogen-bond donors (Lipinski definition) is 6. The van der Waals surface area contributed by atoms with Crippen LogP contribution in [0, 0.1) is 10.8 Å². The van der Waals surface area contributed by atoms with Crippen molar-refractivity contribution in [3.63, 3.8) is 0 Å². The molecule has 0 amide bonds. The summed E-state index contributed by atoms with van der Waals surface area (Å²) in [5, 5.41) is 59.7. The van der Waals surface area contributed by atoms with Gasteiger partial charge in [-0.3, -0.25) is 9.59 Å². The van der Waals surface area contributed by atoms with Crippen LogP contribution in [-0.2, 0) is 20.6 Å². The topological polar surface area (TPSA) is 198 Å². The van der Waals surface area contributed by atoms with Gasteiger partial charge in [-0.05, 0) is 70.8 Å². The zero-order valence-electron chi connectivity index (χ0n) is 30.7. The number of phenolic OH excluding ortho intramolecular Hbond substituents is 2. The molecule has 0 aromatic heterocycles. The lowest BCUT2D eigenvalue weighted by atomic mass is 9.40. The predicted molar refractivity (Wildman–Crippen MR) is 191 cm³/mol. The number of carbonyl (C=O) groups is 2. The molecule has 6 aliphatic carbocycles. The van der Waals surface area contributed by atoms with Crippen LogP contribution in [0.5, 0.6) is 17.2 Å². The SMILES string of the molecule is COc1cccc2c1C(=O)c1c(O)c3c(c(O)c1C2=O)C[C@@](O)([C@]12CCCCCC(CO)(C1)C2O)C[C@@H]3O[C@@H]1CC[C@@H](O[C@@H]2CCCCO2)C(C)(N)C1. The Morgan fingerprint density at radius 3 is 2.40 bits per heavy atom. The van der Waals surface area contributed by atoms with Crippen molar-refractivity contribution in [2.75, 3.05) is 20.3 Å². The van der Waals surface area contributed by atoms with E-state index < -0.39 is 63.3 Å². The molecule has 288 valence electrons. The largest absolute Gasteiger partial charge is 0.507 e. The third-order valence-electron chi connectivity index (χ3n) is 13.9. The fourth-order valence-electron chi connectivity index (χ4n) is 11.1. The molecule has 0 radical (unpaired) electrons. The molecule has 9 rings (SSSR count). The maximum absolute atomic E-state index is 14.2. The van der Waals surface area contributed by atoms with E-state index in [4.69, 9.17) is 24.7 Å². The summed E-state index contributed by atoms with van der Waals surface area (Å²) in [5.41, 5.74) is 2.28. The summed E-state index contributed by atoms with van der Waals surface area (Å²) >= 11 is 0. The van der Waals surface area contributed by atoms with E-state index in [1.54, 1.807) is 12.1 Å². The number of aromatic hydroxyl groups is 2. The number of methoxy groups -OCH3 is 1. The van der Waals surface area contributed by atoms with Gasteiger partial charge >= 0.3 is 0 Å². The molecule has 7 N–H and O–H groups in total. The van der Waals surface area contributed by atoms with Crippen LogP contribution in [0.2, 0.25) is 0 Å². The van der Waals surface area contributed by atoms with Crippen LogP contribution in [0.4, 0.5) is 0 Å². The summed E-state index contributed by atoms with van der Waals surface area (Å²) in [5.74, 6) is -2.13. The monoisotopic (exact) mass is 735 g/mol. The molecular formula is C41H53NO11. The molecule has 1 saturated heterocycles. The number of carbonyl (C=O) groups excluding carboxylic acids is 2. The van der Waals surface area contributed by atoms with Gasteiger partial charge in [0.1, 0.15) is 17.2 Å². The summed E-state index contributed by atoms with van der Waals surface area (Å²) in [6, 6.07) is 4.62. The first-order valence-corrected chi connectivity index (χ1v) is 19.4. The molecule has 4 saturated carbocycles. The minimum Gasteiger partial charge on any atom is -0.507 e. The van der Waals surface area contributed by atoms with Gasteiger partial charge in [0.05, 0.1) is 60.4 Å². The third-order valence-corrected chi connectivity index (χ3v) is 13.9. The fraction of sp³-hybridized carbons (Fsp3) is 0.659. The summed E-state index contributed by atoms with van der Waals surface area (Å²) in [4.78, 5) is 28.3. The van der Waals surface area contributed by atoms with Crippen LogP contribution in [0.3, 0.4) is 0 Å². The average molecular weight is 736 g/mol. The summed E-state index contributed by atoms with van der Waals surface area (Å²) in [7, 11) is 1.39. The van der Waals surface area contributed by atoms with Crippen molar-refractivity contribution >= 4 is 11.6 Å². The Hall–Kier alpha value is -3.10. The third kappa shape index (κ3) is 5.58. The Kier molecular flexibility index (Phi) is 9.24. The van der Waals surface area contributed by atoms with Crippen molar-refractivity contribution in [2.45, 2.75) is 139 Å². The highest BCUT2D eigenvalue weighted by atomic mass is 16.7. The van der Waals surface area contributed by atoms with Gasteiger partial charge in [0.25, 0.3) is 0 Å². The molecule has 2 aromatic rings. The second-order valence-electron chi connectivity index (χ2n) is 17.1. The Balaban J connectivity index is 1.20. The molecule has 1 aliphatic heterocycles. The molecule has 7 aliphatic rings. The van der Waals surface area contributed by atoms with Gasteiger partial charge in [-0.2, -0.15) is 0 Å². The zero-order valence-corrected chi connectivity index (χ0v) is 30.7. The zero-order chi connectivity index (χ0) is 37.5. The molecule has 53 heavy (non-hydrogen) atoms. The number of ether oxygens (including phenoxy) is 4. The fourth-order valence-corrected chi connectivity index (χ4v) is 11.1. The van der Waals surface area contributed by atoms with Gasteiger partial charge < -0.3 is 50.2 Å². The van der Waals surface area contributed by atoms with E-state index in [-0.39, 0.29) is 71.0 Å². The highest BCUT2D eigenvalue weighted by molar-refractivity contribution is 6.31. The van der Waals surface area contributed by atoms with Crippen molar-refractivity contribution < 1.29 is 54.1 Å². The van der Waals surface area contributed by atoms with Crippen LogP contribution in [0.15, 0.2) is 18.2 Å².